The van der Waals surface area contributed by atoms with Gasteiger partial charge in [0, 0.05) is 18.0 Å². The highest BCUT2D eigenvalue weighted by atomic mass is 35.5. The van der Waals surface area contributed by atoms with Crippen LogP contribution in [-0.4, -0.2) is 37.5 Å². The Labute approximate surface area is 152 Å². The van der Waals surface area contributed by atoms with Crippen molar-refractivity contribution in [3.8, 4) is 0 Å². The van der Waals surface area contributed by atoms with Crippen LogP contribution in [0.2, 0.25) is 15.2 Å². The number of hydrogen-bond donors (Lipinski definition) is 1. The third-order valence-corrected chi connectivity index (χ3v) is 5.23. The standard InChI is InChI=1S/C14H13Cl3N4OS/c15-10-7-11(16)14(19-13(10)17)20-18-8-9-1-2-12(23-9)21-3-5-22-6-4-21/h1-2,7-8H,3-6H2,(H,19,20)/b18-8+. The van der Waals surface area contributed by atoms with Gasteiger partial charge in [0.1, 0.15) is 5.15 Å². The highest BCUT2D eigenvalue weighted by molar-refractivity contribution is 7.17. The van der Waals surface area contributed by atoms with Crippen LogP contribution < -0.4 is 10.3 Å². The van der Waals surface area contributed by atoms with Gasteiger partial charge in [0.05, 0.1) is 34.5 Å². The molecule has 0 radical (unpaired) electrons. The number of ether oxygens (including phenoxy) is 1. The molecule has 122 valence electrons. The highest BCUT2D eigenvalue weighted by Gasteiger charge is 2.12. The van der Waals surface area contributed by atoms with Crippen LogP contribution in [0.5, 0.6) is 0 Å². The number of halogens is 3. The fraction of sp³-hybridized carbons (Fsp3) is 0.286. The van der Waals surface area contributed by atoms with E-state index in [4.69, 9.17) is 39.5 Å². The first-order valence-corrected chi connectivity index (χ1v) is 8.81. The Morgan fingerprint density at radius 2 is 2.00 bits per heavy atom. The monoisotopic (exact) mass is 390 g/mol. The van der Waals surface area contributed by atoms with Crippen molar-refractivity contribution in [1.29, 1.82) is 0 Å². The molecule has 23 heavy (non-hydrogen) atoms. The van der Waals surface area contributed by atoms with E-state index in [1.807, 2.05) is 6.07 Å². The largest absolute Gasteiger partial charge is 0.378 e. The summed E-state index contributed by atoms with van der Waals surface area (Å²) < 4.78 is 5.36. The van der Waals surface area contributed by atoms with Gasteiger partial charge in [-0.3, -0.25) is 5.43 Å². The van der Waals surface area contributed by atoms with Crippen LogP contribution in [0.3, 0.4) is 0 Å². The van der Waals surface area contributed by atoms with E-state index in [-0.39, 0.29) is 5.15 Å². The van der Waals surface area contributed by atoms with Crippen molar-refractivity contribution < 1.29 is 4.74 Å². The molecule has 9 heteroatoms. The normalized spacial score (nSPS) is 15.3. The summed E-state index contributed by atoms with van der Waals surface area (Å²) in [6.07, 6.45) is 1.72. The van der Waals surface area contributed by atoms with Crippen molar-refractivity contribution in [2.45, 2.75) is 0 Å². The van der Waals surface area contributed by atoms with Crippen LogP contribution in [-0.2, 0) is 4.74 Å². The zero-order valence-electron chi connectivity index (χ0n) is 11.9. The fourth-order valence-corrected chi connectivity index (χ4v) is 3.52. The van der Waals surface area contributed by atoms with Crippen LogP contribution in [0.1, 0.15) is 4.88 Å². The topological polar surface area (TPSA) is 49.8 Å². The van der Waals surface area contributed by atoms with Crippen molar-refractivity contribution >= 4 is 63.2 Å². The average Bonchev–Trinajstić information content (AvgIpc) is 3.02. The smallest absolute Gasteiger partial charge is 0.166 e. The van der Waals surface area contributed by atoms with Crippen LogP contribution in [0.4, 0.5) is 10.8 Å². The predicted octanol–water partition coefficient (Wildman–Crippen LogP) is 4.39. The Hall–Kier alpha value is -1.05. The second-order valence-corrected chi connectivity index (χ2v) is 7.00. The molecule has 2 aromatic rings. The van der Waals surface area contributed by atoms with E-state index < -0.39 is 0 Å². The minimum Gasteiger partial charge on any atom is -0.378 e. The molecular formula is C14H13Cl3N4OS. The van der Waals surface area contributed by atoms with E-state index in [2.05, 4.69) is 26.5 Å². The lowest BCUT2D eigenvalue weighted by Gasteiger charge is -2.27. The Kier molecular flexibility index (Phi) is 5.61. The number of rotatable bonds is 4. The van der Waals surface area contributed by atoms with Gasteiger partial charge in [0.25, 0.3) is 0 Å². The summed E-state index contributed by atoms with van der Waals surface area (Å²) in [4.78, 5) is 7.37. The van der Waals surface area contributed by atoms with Crippen molar-refractivity contribution in [2.75, 3.05) is 36.6 Å². The first-order valence-electron chi connectivity index (χ1n) is 6.86. The zero-order chi connectivity index (χ0) is 16.2. The molecule has 5 nitrogen and oxygen atoms in total. The maximum absolute atomic E-state index is 6.03. The molecule has 1 N–H and O–H groups in total. The minimum atomic E-state index is 0.180. The van der Waals surface area contributed by atoms with Crippen molar-refractivity contribution in [3.63, 3.8) is 0 Å². The summed E-state index contributed by atoms with van der Waals surface area (Å²) in [5, 5.41) is 6.20. The summed E-state index contributed by atoms with van der Waals surface area (Å²) in [5.41, 5.74) is 2.77. The number of nitrogens with one attached hydrogen (secondary N) is 1. The second kappa shape index (κ2) is 7.68. The Morgan fingerprint density at radius 1 is 1.22 bits per heavy atom. The molecule has 0 aromatic carbocycles. The molecule has 0 spiro atoms. The van der Waals surface area contributed by atoms with Gasteiger partial charge in [0.2, 0.25) is 0 Å². The van der Waals surface area contributed by atoms with Gasteiger partial charge in [-0.05, 0) is 18.2 Å². The van der Waals surface area contributed by atoms with Crippen LogP contribution in [0.25, 0.3) is 0 Å². The van der Waals surface area contributed by atoms with Gasteiger partial charge in [-0.15, -0.1) is 11.3 Å². The van der Waals surface area contributed by atoms with Crippen molar-refractivity contribution in [2.24, 2.45) is 5.10 Å². The van der Waals surface area contributed by atoms with E-state index >= 15 is 0 Å². The summed E-state index contributed by atoms with van der Waals surface area (Å²) in [6.45, 7) is 3.37. The molecule has 3 rings (SSSR count). The minimum absolute atomic E-state index is 0.180. The average molecular weight is 392 g/mol. The lowest BCUT2D eigenvalue weighted by molar-refractivity contribution is 0.123. The van der Waals surface area contributed by atoms with E-state index in [9.17, 15) is 0 Å². The van der Waals surface area contributed by atoms with Crippen molar-refractivity contribution in [1.82, 2.24) is 4.98 Å². The molecule has 1 fully saturated rings. The molecule has 0 atom stereocenters. The van der Waals surface area contributed by atoms with E-state index in [1.54, 1.807) is 17.6 Å². The number of morpholine rings is 1. The molecule has 1 saturated heterocycles. The summed E-state index contributed by atoms with van der Waals surface area (Å²) in [5.74, 6) is 0.363. The van der Waals surface area contributed by atoms with E-state index in [0.717, 1.165) is 31.2 Å². The zero-order valence-corrected chi connectivity index (χ0v) is 15.0. The van der Waals surface area contributed by atoms with Crippen molar-refractivity contribution in [3.05, 3.63) is 38.3 Å². The lowest BCUT2D eigenvalue weighted by Crippen LogP contribution is -2.35. The molecule has 0 unspecified atom stereocenters. The van der Waals surface area contributed by atoms with Crippen LogP contribution in [0.15, 0.2) is 23.3 Å². The summed E-state index contributed by atoms with van der Waals surface area (Å²) >= 11 is 19.4. The van der Waals surface area contributed by atoms with Crippen LogP contribution in [0, 0.1) is 0 Å². The Morgan fingerprint density at radius 3 is 2.78 bits per heavy atom. The summed E-state index contributed by atoms with van der Waals surface area (Å²) in [7, 11) is 0. The number of hydrazone groups is 1. The summed E-state index contributed by atoms with van der Waals surface area (Å²) in [6, 6.07) is 5.63. The molecule has 0 aliphatic carbocycles. The molecule has 1 aliphatic heterocycles. The maximum atomic E-state index is 6.03. The molecule has 1 aliphatic rings. The molecule has 0 bridgehead atoms. The number of anilines is 2. The van der Waals surface area contributed by atoms with Gasteiger partial charge in [-0.1, -0.05) is 34.8 Å². The quantitative estimate of drug-likeness (QED) is 0.477. The second-order valence-electron chi connectivity index (χ2n) is 4.74. The fourth-order valence-electron chi connectivity index (χ4n) is 2.04. The third-order valence-electron chi connectivity index (χ3n) is 3.18. The molecule has 0 amide bonds. The predicted molar refractivity (Wildman–Crippen MR) is 97.8 cm³/mol. The van der Waals surface area contributed by atoms with E-state index in [1.165, 1.54) is 11.1 Å². The Balaban J connectivity index is 1.64. The maximum Gasteiger partial charge on any atom is 0.166 e. The molecular weight excluding hydrogens is 379 g/mol. The highest BCUT2D eigenvalue weighted by Crippen LogP contribution is 2.29. The van der Waals surface area contributed by atoms with Gasteiger partial charge in [-0.2, -0.15) is 5.10 Å². The van der Waals surface area contributed by atoms with Crippen LogP contribution >= 0.6 is 46.1 Å². The number of nitrogens with zero attached hydrogens (tertiary/aromatic N) is 3. The number of thiophene rings is 1. The lowest BCUT2D eigenvalue weighted by atomic mass is 10.4. The molecule has 2 aromatic heterocycles. The van der Waals surface area contributed by atoms with E-state index in [0.29, 0.717) is 15.9 Å². The van der Waals surface area contributed by atoms with Gasteiger partial charge < -0.3 is 9.64 Å². The third kappa shape index (κ3) is 4.28. The number of aromatic nitrogens is 1. The van der Waals surface area contributed by atoms with Gasteiger partial charge >= 0.3 is 0 Å². The molecule has 3 heterocycles. The first kappa shape index (κ1) is 16.8. The number of hydrogen-bond acceptors (Lipinski definition) is 6. The van der Waals surface area contributed by atoms with Gasteiger partial charge in [0.15, 0.2) is 5.82 Å². The first-order chi connectivity index (χ1) is 11.1. The number of pyridine rings is 1. The molecule has 0 saturated carbocycles. The Bertz CT molecular complexity index is 716. The SMILES string of the molecule is Clc1cc(Cl)c(N/N=C/c2ccc(N3CCOCC3)s2)nc1Cl. The van der Waals surface area contributed by atoms with Gasteiger partial charge in [-0.25, -0.2) is 4.98 Å².